The van der Waals surface area contributed by atoms with Crippen LogP contribution in [0.15, 0.2) is 42.0 Å². The van der Waals surface area contributed by atoms with E-state index in [0.29, 0.717) is 0 Å². The van der Waals surface area contributed by atoms with E-state index in [0.717, 1.165) is 24.3 Å². The van der Waals surface area contributed by atoms with E-state index in [9.17, 15) is 28.0 Å². The van der Waals surface area contributed by atoms with Crippen molar-refractivity contribution in [2.45, 2.75) is 6.18 Å². The van der Waals surface area contributed by atoms with E-state index < -0.39 is 35.8 Å². The Morgan fingerprint density at radius 1 is 1.20 bits per heavy atom. The predicted molar refractivity (Wildman–Crippen MR) is 103 cm³/mol. The first-order valence-corrected chi connectivity index (χ1v) is 8.71. The van der Waals surface area contributed by atoms with E-state index in [1.54, 1.807) is 6.07 Å². The minimum absolute atomic E-state index is 0.0643. The molecule has 11 heteroatoms. The largest absolute Gasteiger partial charge is 0.479 e. The van der Waals surface area contributed by atoms with Crippen molar-refractivity contribution in [1.82, 2.24) is 0 Å². The van der Waals surface area contributed by atoms with Gasteiger partial charge in [0.05, 0.1) is 15.6 Å². The smallest absolute Gasteiger partial charge is 0.416 e. The summed E-state index contributed by atoms with van der Waals surface area (Å²) in [5.74, 6) is -2.29. The van der Waals surface area contributed by atoms with Gasteiger partial charge in [-0.3, -0.25) is 4.79 Å². The first kappa shape index (κ1) is 23.1. The summed E-state index contributed by atoms with van der Waals surface area (Å²) < 4.78 is 43.3. The van der Waals surface area contributed by atoms with Gasteiger partial charge in [0.15, 0.2) is 12.4 Å². The summed E-state index contributed by atoms with van der Waals surface area (Å²) in [6.45, 7) is -0.683. The molecule has 0 spiro atoms. The summed E-state index contributed by atoms with van der Waals surface area (Å²) in [7, 11) is 0. The molecular formula is C19H11Cl2F3N2O4. The summed E-state index contributed by atoms with van der Waals surface area (Å²) in [5.41, 5.74) is -1.33. The van der Waals surface area contributed by atoms with Crippen LogP contribution in [-0.2, 0) is 15.8 Å². The standard InChI is InChI=1S/C19H11Cl2F3N2O4/c20-14-5-10(6-15(21)17(14)30-9-16(27)28)4-11(8-25)18(29)26-13-3-1-2-12(7-13)19(22,23)24/h1-7H,9H2,(H,26,29)(H,27,28)/b11-4+. The van der Waals surface area contributed by atoms with Crippen molar-refractivity contribution in [3.63, 3.8) is 0 Å². The van der Waals surface area contributed by atoms with E-state index in [1.165, 1.54) is 18.2 Å². The van der Waals surface area contributed by atoms with Crippen molar-refractivity contribution < 1.29 is 32.6 Å². The monoisotopic (exact) mass is 458 g/mol. The van der Waals surface area contributed by atoms with E-state index in [1.807, 2.05) is 0 Å². The summed E-state index contributed by atoms with van der Waals surface area (Å²) in [4.78, 5) is 22.9. The molecule has 6 nitrogen and oxygen atoms in total. The molecule has 0 radical (unpaired) electrons. The maximum atomic E-state index is 12.8. The van der Waals surface area contributed by atoms with Gasteiger partial charge in [-0.25, -0.2) is 4.79 Å². The molecule has 2 aromatic carbocycles. The van der Waals surface area contributed by atoms with E-state index >= 15 is 0 Å². The fourth-order valence-corrected chi connectivity index (χ4v) is 2.83. The van der Waals surface area contributed by atoms with Gasteiger partial charge in [0, 0.05) is 5.69 Å². The van der Waals surface area contributed by atoms with Gasteiger partial charge >= 0.3 is 12.1 Å². The second-order valence-electron chi connectivity index (χ2n) is 5.70. The molecule has 0 aliphatic heterocycles. The van der Waals surface area contributed by atoms with Crippen LogP contribution in [-0.4, -0.2) is 23.6 Å². The molecule has 2 aromatic rings. The molecule has 1 amide bonds. The van der Waals surface area contributed by atoms with Crippen molar-refractivity contribution in [1.29, 1.82) is 5.26 Å². The number of hydrogen-bond acceptors (Lipinski definition) is 4. The minimum atomic E-state index is -4.59. The Labute approximate surface area is 178 Å². The van der Waals surface area contributed by atoms with Crippen molar-refractivity contribution in [3.8, 4) is 11.8 Å². The summed E-state index contributed by atoms with van der Waals surface area (Å²) in [6.07, 6.45) is -3.48. The highest BCUT2D eigenvalue weighted by molar-refractivity contribution is 6.37. The van der Waals surface area contributed by atoms with Crippen LogP contribution < -0.4 is 10.1 Å². The Kier molecular flexibility index (Phi) is 7.32. The average Bonchev–Trinajstić information content (AvgIpc) is 2.64. The van der Waals surface area contributed by atoms with Gasteiger partial charge in [-0.2, -0.15) is 18.4 Å². The highest BCUT2D eigenvalue weighted by Crippen LogP contribution is 2.35. The molecule has 0 saturated heterocycles. The topological polar surface area (TPSA) is 99.4 Å². The fourth-order valence-electron chi connectivity index (χ4n) is 2.22. The lowest BCUT2D eigenvalue weighted by atomic mass is 10.1. The number of aliphatic carboxylic acids is 1. The number of carboxylic acid groups (broad SMARTS) is 1. The maximum Gasteiger partial charge on any atom is 0.416 e. The molecule has 0 aliphatic rings. The van der Waals surface area contributed by atoms with Crippen LogP contribution in [0.1, 0.15) is 11.1 Å². The van der Waals surface area contributed by atoms with Crippen LogP contribution in [0, 0.1) is 11.3 Å². The third-order valence-electron chi connectivity index (χ3n) is 3.48. The summed E-state index contributed by atoms with van der Waals surface area (Å²) >= 11 is 12.0. The molecule has 0 atom stereocenters. The molecule has 30 heavy (non-hydrogen) atoms. The number of ether oxygens (including phenoxy) is 1. The van der Waals surface area contributed by atoms with Gasteiger partial charge in [-0.15, -0.1) is 0 Å². The number of amides is 1. The van der Waals surface area contributed by atoms with E-state index in [2.05, 4.69) is 5.32 Å². The Morgan fingerprint density at radius 2 is 1.83 bits per heavy atom. The van der Waals surface area contributed by atoms with Crippen LogP contribution in [0.3, 0.4) is 0 Å². The van der Waals surface area contributed by atoms with Crippen LogP contribution >= 0.6 is 23.2 Å². The Hall–Kier alpha value is -3.22. The highest BCUT2D eigenvalue weighted by atomic mass is 35.5. The lowest BCUT2D eigenvalue weighted by Gasteiger charge is -2.10. The minimum Gasteiger partial charge on any atom is -0.479 e. The lowest BCUT2D eigenvalue weighted by molar-refractivity contribution is -0.139. The Bertz CT molecular complexity index is 1040. The zero-order valence-corrected chi connectivity index (χ0v) is 16.3. The number of halogens is 5. The molecule has 0 unspecified atom stereocenters. The SMILES string of the molecule is N#C/C(=C\c1cc(Cl)c(OCC(=O)O)c(Cl)c1)C(=O)Nc1cccc(C(F)(F)F)c1. The van der Waals surface area contributed by atoms with Crippen LogP contribution in [0.2, 0.25) is 10.0 Å². The number of carbonyl (C=O) groups excluding carboxylic acids is 1. The molecule has 156 valence electrons. The van der Waals surface area contributed by atoms with Crippen LogP contribution in [0.4, 0.5) is 18.9 Å². The first-order chi connectivity index (χ1) is 14.0. The zero-order chi connectivity index (χ0) is 22.5. The molecule has 0 fully saturated rings. The number of anilines is 1. The molecule has 2 rings (SSSR count). The number of nitriles is 1. The third kappa shape index (κ3) is 6.14. The summed E-state index contributed by atoms with van der Waals surface area (Å²) in [6, 6.07) is 8.12. The number of nitrogens with one attached hydrogen (secondary N) is 1. The van der Waals surface area contributed by atoms with Gasteiger partial charge in [-0.1, -0.05) is 29.3 Å². The number of alkyl halides is 3. The molecule has 0 saturated carbocycles. The number of rotatable bonds is 6. The number of nitrogens with zero attached hydrogens (tertiary/aromatic N) is 1. The van der Waals surface area contributed by atoms with E-state index in [4.69, 9.17) is 33.0 Å². The van der Waals surface area contributed by atoms with Gasteiger partial charge in [0.25, 0.3) is 5.91 Å². The van der Waals surface area contributed by atoms with Crippen LogP contribution in [0.5, 0.6) is 5.75 Å². The van der Waals surface area contributed by atoms with Crippen molar-refractivity contribution in [2.75, 3.05) is 11.9 Å². The fraction of sp³-hybridized carbons (Fsp3) is 0.105. The second-order valence-corrected chi connectivity index (χ2v) is 6.51. The average molecular weight is 459 g/mol. The lowest BCUT2D eigenvalue weighted by Crippen LogP contribution is -2.14. The number of carbonyl (C=O) groups is 2. The molecule has 0 heterocycles. The van der Waals surface area contributed by atoms with Crippen LogP contribution in [0.25, 0.3) is 6.08 Å². The van der Waals surface area contributed by atoms with E-state index in [-0.39, 0.29) is 27.0 Å². The number of carboxylic acids is 1. The molecule has 0 bridgehead atoms. The maximum absolute atomic E-state index is 12.8. The quantitative estimate of drug-likeness (QED) is 0.467. The third-order valence-corrected chi connectivity index (χ3v) is 4.05. The zero-order valence-electron chi connectivity index (χ0n) is 14.8. The molecule has 0 aromatic heterocycles. The number of benzene rings is 2. The van der Waals surface area contributed by atoms with Gasteiger partial charge in [0.1, 0.15) is 11.6 Å². The highest BCUT2D eigenvalue weighted by Gasteiger charge is 2.30. The first-order valence-electron chi connectivity index (χ1n) is 7.95. The molecule has 2 N–H and O–H groups in total. The molecule has 0 aliphatic carbocycles. The molecular weight excluding hydrogens is 448 g/mol. The Morgan fingerprint density at radius 3 is 2.37 bits per heavy atom. The van der Waals surface area contributed by atoms with Crippen molar-refractivity contribution >= 4 is 46.8 Å². The van der Waals surface area contributed by atoms with Gasteiger partial charge in [0.2, 0.25) is 0 Å². The van der Waals surface area contributed by atoms with Crippen molar-refractivity contribution in [3.05, 3.63) is 63.1 Å². The second kappa shape index (κ2) is 9.52. The van der Waals surface area contributed by atoms with Gasteiger partial charge < -0.3 is 15.2 Å². The normalized spacial score (nSPS) is 11.5. The van der Waals surface area contributed by atoms with Crippen molar-refractivity contribution in [2.24, 2.45) is 0 Å². The van der Waals surface area contributed by atoms with Gasteiger partial charge in [-0.05, 0) is 42.0 Å². The number of hydrogen-bond donors (Lipinski definition) is 2. The predicted octanol–water partition coefficient (Wildman–Crippen LogP) is 5.02. The Balaban J connectivity index is 2.26. The summed E-state index contributed by atoms with van der Waals surface area (Å²) in [5, 5.41) is 20.0.